The summed E-state index contributed by atoms with van der Waals surface area (Å²) >= 11 is 0. The molecule has 0 saturated carbocycles. The zero-order chi connectivity index (χ0) is 18.6. The zero-order valence-electron chi connectivity index (χ0n) is 14.8. The first-order valence-electron chi connectivity index (χ1n) is 8.95. The number of piperazine rings is 1. The Balaban J connectivity index is 1.34. The lowest BCUT2D eigenvalue weighted by Crippen LogP contribution is -2.50. The largest absolute Gasteiger partial charge is 0.481 e. The number of anilines is 1. The van der Waals surface area contributed by atoms with Crippen molar-refractivity contribution < 1.29 is 13.9 Å². The van der Waals surface area contributed by atoms with Gasteiger partial charge in [-0.2, -0.15) is 0 Å². The molecule has 0 spiro atoms. The van der Waals surface area contributed by atoms with E-state index in [4.69, 9.17) is 4.74 Å². The number of aromatic nitrogens is 1. The number of ether oxygens (including phenoxy) is 1. The topological polar surface area (TPSA) is 45.7 Å². The van der Waals surface area contributed by atoms with Crippen LogP contribution in [0.2, 0.25) is 0 Å². The van der Waals surface area contributed by atoms with Crippen LogP contribution in [-0.2, 0) is 4.79 Å². The summed E-state index contributed by atoms with van der Waals surface area (Å²) in [7, 11) is 0. The van der Waals surface area contributed by atoms with Crippen molar-refractivity contribution in [3.63, 3.8) is 0 Å². The van der Waals surface area contributed by atoms with Crippen LogP contribution in [0.5, 0.6) is 5.75 Å². The summed E-state index contributed by atoms with van der Waals surface area (Å²) in [5, 5.41) is 0.982. The zero-order valence-corrected chi connectivity index (χ0v) is 14.8. The summed E-state index contributed by atoms with van der Waals surface area (Å²) in [4.78, 5) is 20.8. The molecule has 0 radical (unpaired) electrons. The summed E-state index contributed by atoms with van der Waals surface area (Å²) in [6, 6.07) is 16.0. The first kappa shape index (κ1) is 17.3. The number of amides is 1. The quantitative estimate of drug-likeness (QED) is 0.713. The molecule has 1 aliphatic heterocycles. The number of hydrogen-bond donors (Lipinski definition) is 0. The number of rotatable bonds is 4. The molecular formula is C21H20FN3O2. The number of fused-ring (bicyclic) bond motifs is 1. The van der Waals surface area contributed by atoms with E-state index in [1.54, 1.807) is 23.2 Å². The third-order valence-corrected chi connectivity index (χ3v) is 4.77. The third-order valence-electron chi connectivity index (χ3n) is 4.77. The molecule has 3 aromatic rings. The standard InChI is InChI=1S/C21H20FN3O2/c22-17-6-8-18(9-7-17)24-11-13-25(14-12-24)20(26)15-27-19-5-1-3-16-4-2-10-23-21(16)19/h1-10H,11-15H2. The van der Waals surface area contributed by atoms with E-state index in [1.165, 1.54) is 12.1 Å². The van der Waals surface area contributed by atoms with Crippen LogP contribution >= 0.6 is 0 Å². The summed E-state index contributed by atoms with van der Waals surface area (Å²) in [5.74, 6) is 0.334. The first-order chi connectivity index (χ1) is 13.2. The summed E-state index contributed by atoms with van der Waals surface area (Å²) in [6.45, 7) is 2.66. The number of halogens is 1. The van der Waals surface area contributed by atoms with Gasteiger partial charge >= 0.3 is 0 Å². The van der Waals surface area contributed by atoms with E-state index in [2.05, 4.69) is 9.88 Å². The van der Waals surface area contributed by atoms with Crippen LogP contribution in [0.25, 0.3) is 10.9 Å². The average Bonchev–Trinajstić information content (AvgIpc) is 2.72. The lowest BCUT2D eigenvalue weighted by molar-refractivity contribution is -0.133. The van der Waals surface area contributed by atoms with Gasteiger partial charge in [-0.25, -0.2) is 4.39 Å². The van der Waals surface area contributed by atoms with Gasteiger partial charge in [0, 0.05) is 43.4 Å². The Hall–Kier alpha value is -3.15. The minimum atomic E-state index is -0.243. The molecule has 6 heteroatoms. The summed E-state index contributed by atoms with van der Waals surface area (Å²) < 4.78 is 18.8. The molecule has 1 aromatic heterocycles. The average molecular weight is 365 g/mol. The molecular weight excluding hydrogens is 345 g/mol. The molecule has 0 bridgehead atoms. The molecule has 0 atom stereocenters. The van der Waals surface area contributed by atoms with Gasteiger partial charge < -0.3 is 14.5 Å². The van der Waals surface area contributed by atoms with Gasteiger partial charge in [-0.1, -0.05) is 18.2 Å². The normalized spacial score (nSPS) is 14.4. The molecule has 5 nitrogen and oxygen atoms in total. The predicted octanol–water partition coefficient (Wildman–Crippen LogP) is 3.10. The van der Waals surface area contributed by atoms with E-state index in [1.807, 2.05) is 30.3 Å². The fourth-order valence-electron chi connectivity index (χ4n) is 3.29. The Morgan fingerprint density at radius 2 is 1.74 bits per heavy atom. The maximum absolute atomic E-state index is 13.1. The van der Waals surface area contributed by atoms with E-state index in [-0.39, 0.29) is 18.3 Å². The second-order valence-corrected chi connectivity index (χ2v) is 6.46. The van der Waals surface area contributed by atoms with Crippen LogP contribution < -0.4 is 9.64 Å². The minimum absolute atomic E-state index is 0.00770. The van der Waals surface area contributed by atoms with E-state index >= 15 is 0 Å². The third kappa shape index (κ3) is 3.84. The van der Waals surface area contributed by atoms with Gasteiger partial charge in [0.25, 0.3) is 5.91 Å². The number of pyridine rings is 1. The van der Waals surface area contributed by atoms with Gasteiger partial charge in [-0.3, -0.25) is 9.78 Å². The molecule has 2 aromatic carbocycles. The Kier molecular flexibility index (Phi) is 4.87. The highest BCUT2D eigenvalue weighted by Crippen LogP contribution is 2.23. The van der Waals surface area contributed by atoms with Gasteiger partial charge in [0.15, 0.2) is 6.61 Å². The highest BCUT2D eigenvalue weighted by molar-refractivity contribution is 5.85. The van der Waals surface area contributed by atoms with Crippen LogP contribution in [-0.4, -0.2) is 48.6 Å². The molecule has 1 amide bonds. The number of hydrogen-bond acceptors (Lipinski definition) is 4. The lowest BCUT2D eigenvalue weighted by Gasteiger charge is -2.36. The smallest absolute Gasteiger partial charge is 0.260 e. The molecule has 1 fully saturated rings. The number of nitrogens with zero attached hydrogens (tertiary/aromatic N) is 3. The van der Waals surface area contributed by atoms with Crippen molar-refractivity contribution in [3.05, 3.63) is 66.6 Å². The molecule has 4 rings (SSSR count). The van der Waals surface area contributed by atoms with E-state index in [9.17, 15) is 9.18 Å². The molecule has 0 unspecified atom stereocenters. The highest BCUT2D eigenvalue weighted by atomic mass is 19.1. The van der Waals surface area contributed by atoms with Crippen LogP contribution in [0.1, 0.15) is 0 Å². The van der Waals surface area contributed by atoms with E-state index < -0.39 is 0 Å². The predicted molar refractivity (Wildman–Crippen MR) is 102 cm³/mol. The highest BCUT2D eigenvalue weighted by Gasteiger charge is 2.22. The Labute approximate surface area is 157 Å². The van der Waals surface area contributed by atoms with Crippen molar-refractivity contribution in [1.82, 2.24) is 9.88 Å². The van der Waals surface area contributed by atoms with Crippen LogP contribution in [0.3, 0.4) is 0 Å². The SMILES string of the molecule is O=C(COc1cccc2cccnc12)N1CCN(c2ccc(F)cc2)CC1. The molecule has 1 aliphatic rings. The molecule has 138 valence electrons. The van der Waals surface area contributed by atoms with Gasteiger partial charge in [-0.15, -0.1) is 0 Å². The first-order valence-corrected chi connectivity index (χ1v) is 8.95. The van der Waals surface area contributed by atoms with Gasteiger partial charge in [0.2, 0.25) is 0 Å². The van der Waals surface area contributed by atoms with E-state index in [0.29, 0.717) is 31.9 Å². The fourth-order valence-corrected chi connectivity index (χ4v) is 3.29. The Morgan fingerprint density at radius 1 is 1.00 bits per heavy atom. The molecule has 0 N–H and O–H groups in total. The van der Waals surface area contributed by atoms with Gasteiger partial charge in [0.1, 0.15) is 17.1 Å². The van der Waals surface area contributed by atoms with Crippen LogP contribution in [0, 0.1) is 5.82 Å². The minimum Gasteiger partial charge on any atom is -0.481 e. The maximum Gasteiger partial charge on any atom is 0.260 e. The molecule has 2 heterocycles. The number of para-hydroxylation sites is 1. The number of benzene rings is 2. The van der Waals surface area contributed by atoms with Crippen LogP contribution in [0.15, 0.2) is 60.8 Å². The second-order valence-electron chi connectivity index (χ2n) is 6.46. The van der Waals surface area contributed by atoms with Crippen LogP contribution in [0.4, 0.5) is 10.1 Å². The van der Waals surface area contributed by atoms with Gasteiger partial charge in [-0.05, 0) is 36.4 Å². The van der Waals surface area contributed by atoms with Crippen molar-refractivity contribution in [1.29, 1.82) is 0 Å². The second kappa shape index (κ2) is 7.61. The molecule has 0 aliphatic carbocycles. The summed E-state index contributed by atoms with van der Waals surface area (Å²) in [5.41, 5.74) is 1.73. The lowest BCUT2D eigenvalue weighted by atomic mass is 10.2. The van der Waals surface area contributed by atoms with Gasteiger partial charge in [0.05, 0.1) is 0 Å². The number of carbonyl (C=O) groups is 1. The molecule has 1 saturated heterocycles. The summed E-state index contributed by atoms with van der Waals surface area (Å²) in [6.07, 6.45) is 1.71. The maximum atomic E-state index is 13.1. The molecule has 27 heavy (non-hydrogen) atoms. The fraction of sp³-hybridized carbons (Fsp3) is 0.238. The van der Waals surface area contributed by atoms with Crippen molar-refractivity contribution in [3.8, 4) is 5.75 Å². The van der Waals surface area contributed by atoms with Crippen molar-refractivity contribution in [2.45, 2.75) is 0 Å². The Morgan fingerprint density at radius 3 is 2.52 bits per heavy atom. The Bertz CT molecular complexity index is 932. The van der Waals surface area contributed by atoms with Crippen molar-refractivity contribution in [2.24, 2.45) is 0 Å². The van der Waals surface area contributed by atoms with E-state index in [0.717, 1.165) is 16.6 Å². The monoisotopic (exact) mass is 365 g/mol. The number of carbonyl (C=O) groups excluding carboxylic acids is 1. The van der Waals surface area contributed by atoms with Crippen molar-refractivity contribution >= 4 is 22.5 Å². The van der Waals surface area contributed by atoms with Crippen molar-refractivity contribution in [2.75, 3.05) is 37.7 Å².